The van der Waals surface area contributed by atoms with Crippen molar-refractivity contribution in [1.82, 2.24) is 20.1 Å². The number of rotatable bonds is 3. The summed E-state index contributed by atoms with van der Waals surface area (Å²) in [6.45, 7) is 2.00. The van der Waals surface area contributed by atoms with Crippen molar-refractivity contribution in [2.75, 3.05) is 18.0 Å². The molecule has 1 fully saturated rings. The minimum atomic E-state index is 0.628. The maximum atomic E-state index is 5.31. The molecule has 0 N–H and O–H groups in total. The summed E-state index contributed by atoms with van der Waals surface area (Å²) in [5.74, 6) is 1.37. The van der Waals surface area contributed by atoms with Crippen molar-refractivity contribution in [3.8, 4) is 22.7 Å². The van der Waals surface area contributed by atoms with Crippen molar-refractivity contribution in [2.24, 2.45) is 0 Å². The van der Waals surface area contributed by atoms with Crippen molar-refractivity contribution in [2.45, 2.75) is 12.8 Å². The third-order valence-corrected chi connectivity index (χ3v) is 3.78. The summed E-state index contributed by atoms with van der Waals surface area (Å²) in [5.41, 5.74) is 2.40. The number of anilines is 1. The quantitative estimate of drug-likeness (QED) is 0.739. The Labute approximate surface area is 127 Å². The first-order chi connectivity index (χ1) is 10.9. The summed E-state index contributed by atoms with van der Waals surface area (Å²) in [7, 11) is 0. The van der Waals surface area contributed by atoms with E-state index >= 15 is 0 Å². The van der Waals surface area contributed by atoms with E-state index in [0.29, 0.717) is 5.76 Å². The van der Waals surface area contributed by atoms with E-state index in [2.05, 4.69) is 20.0 Å². The van der Waals surface area contributed by atoms with Crippen LogP contribution in [0.3, 0.4) is 0 Å². The highest BCUT2D eigenvalue weighted by molar-refractivity contribution is 5.76. The molecule has 0 saturated carbocycles. The van der Waals surface area contributed by atoms with Crippen molar-refractivity contribution in [3.05, 3.63) is 42.9 Å². The average molecular weight is 293 g/mol. The maximum Gasteiger partial charge on any atom is 0.226 e. The van der Waals surface area contributed by atoms with Crippen LogP contribution in [0.2, 0.25) is 0 Å². The molecule has 3 aromatic heterocycles. The molecule has 0 aliphatic carbocycles. The second kappa shape index (κ2) is 5.55. The lowest BCUT2D eigenvalue weighted by atomic mass is 10.1. The normalized spacial score (nSPS) is 14.5. The molecule has 0 bridgehead atoms. The first-order valence-electron chi connectivity index (χ1n) is 7.36. The molecule has 0 aromatic carbocycles. The summed E-state index contributed by atoms with van der Waals surface area (Å²) in [4.78, 5) is 15.8. The molecule has 4 rings (SSSR count). The summed E-state index contributed by atoms with van der Waals surface area (Å²) < 4.78 is 5.31. The van der Waals surface area contributed by atoms with E-state index in [1.54, 1.807) is 12.4 Å². The van der Waals surface area contributed by atoms with Crippen LogP contribution >= 0.6 is 0 Å². The van der Waals surface area contributed by atoms with Crippen LogP contribution in [0, 0.1) is 0 Å². The van der Waals surface area contributed by atoms with Gasteiger partial charge in [0.05, 0.1) is 11.9 Å². The molecule has 0 spiro atoms. The molecule has 1 aliphatic heterocycles. The van der Waals surface area contributed by atoms with Crippen molar-refractivity contribution >= 4 is 5.95 Å². The topological polar surface area (TPSA) is 67.9 Å². The van der Waals surface area contributed by atoms with E-state index in [-0.39, 0.29) is 0 Å². The largest absolute Gasteiger partial charge is 0.355 e. The smallest absolute Gasteiger partial charge is 0.226 e. The molecule has 0 radical (unpaired) electrons. The molecule has 22 heavy (non-hydrogen) atoms. The first kappa shape index (κ1) is 12.9. The lowest BCUT2D eigenvalue weighted by molar-refractivity contribution is 0.431. The molecule has 0 unspecified atom stereocenters. The summed E-state index contributed by atoms with van der Waals surface area (Å²) in [6, 6.07) is 7.58. The number of pyridine rings is 1. The zero-order valence-electron chi connectivity index (χ0n) is 12.0. The zero-order valence-corrected chi connectivity index (χ0v) is 12.0. The van der Waals surface area contributed by atoms with Gasteiger partial charge in [-0.15, -0.1) is 0 Å². The Morgan fingerprint density at radius 1 is 1.00 bits per heavy atom. The first-order valence-corrected chi connectivity index (χ1v) is 7.36. The predicted molar refractivity (Wildman–Crippen MR) is 82.2 cm³/mol. The SMILES string of the molecule is c1ccc(-c2cnc(N3CCCC3)nc2-c2ccno2)nc1. The van der Waals surface area contributed by atoms with Gasteiger partial charge < -0.3 is 9.42 Å². The number of hydrogen-bond acceptors (Lipinski definition) is 6. The van der Waals surface area contributed by atoms with Gasteiger partial charge in [0.15, 0.2) is 5.76 Å². The van der Waals surface area contributed by atoms with Crippen LogP contribution in [-0.2, 0) is 0 Å². The average Bonchev–Trinajstić information content (AvgIpc) is 3.29. The summed E-state index contributed by atoms with van der Waals surface area (Å²) >= 11 is 0. The minimum Gasteiger partial charge on any atom is -0.355 e. The van der Waals surface area contributed by atoms with Crippen LogP contribution in [0.1, 0.15) is 12.8 Å². The Kier molecular flexibility index (Phi) is 3.27. The van der Waals surface area contributed by atoms with E-state index in [0.717, 1.165) is 36.0 Å². The van der Waals surface area contributed by atoms with Crippen LogP contribution in [0.15, 0.2) is 47.4 Å². The number of hydrogen-bond donors (Lipinski definition) is 0. The molecule has 1 saturated heterocycles. The standard InChI is InChI=1S/C16H15N5O/c1-2-7-17-13(5-1)12-11-18-16(21-9-3-4-10-21)20-15(12)14-6-8-19-22-14/h1-2,5-8,11H,3-4,9-10H2. The highest BCUT2D eigenvalue weighted by Gasteiger charge is 2.20. The molecule has 4 heterocycles. The third kappa shape index (κ3) is 2.32. The number of nitrogens with zero attached hydrogens (tertiary/aromatic N) is 5. The Bertz CT molecular complexity index is 751. The molecule has 110 valence electrons. The van der Waals surface area contributed by atoms with Crippen LogP contribution in [0.4, 0.5) is 5.95 Å². The van der Waals surface area contributed by atoms with Crippen LogP contribution in [0.5, 0.6) is 0 Å². The fourth-order valence-corrected chi connectivity index (χ4v) is 2.68. The van der Waals surface area contributed by atoms with Gasteiger partial charge in [-0.05, 0) is 25.0 Å². The van der Waals surface area contributed by atoms with E-state index in [1.807, 2.05) is 30.5 Å². The fourth-order valence-electron chi connectivity index (χ4n) is 2.68. The Hall–Kier alpha value is -2.76. The summed E-state index contributed by atoms with van der Waals surface area (Å²) in [5, 5.41) is 3.79. The predicted octanol–water partition coefficient (Wildman–Crippen LogP) is 2.79. The molecule has 3 aromatic rings. The van der Waals surface area contributed by atoms with E-state index in [9.17, 15) is 0 Å². The van der Waals surface area contributed by atoms with Crippen molar-refractivity contribution in [1.29, 1.82) is 0 Å². The lowest BCUT2D eigenvalue weighted by Gasteiger charge is -2.16. The fraction of sp³-hybridized carbons (Fsp3) is 0.250. The zero-order chi connectivity index (χ0) is 14.8. The number of aromatic nitrogens is 4. The Morgan fingerprint density at radius 2 is 1.91 bits per heavy atom. The van der Waals surface area contributed by atoms with Gasteiger partial charge in [0.25, 0.3) is 0 Å². The van der Waals surface area contributed by atoms with Gasteiger partial charge in [0, 0.05) is 37.1 Å². The third-order valence-electron chi connectivity index (χ3n) is 3.78. The Balaban J connectivity index is 1.84. The van der Waals surface area contributed by atoms with Crippen LogP contribution in [-0.4, -0.2) is 33.2 Å². The van der Waals surface area contributed by atoms with Gasteiger partial charge in [0.1, 0.15) is 5.69 Å². The van der Waals surface area contributed by atoms with E-state index < -0.39 is 0 Å². The molecule has 1 aliphatic rings. The highest BCUT2D eigenvalue weighted by Crippen LogP contribution is 2.30. The monoisotopic (exact) mass is 293 g/mol. The molecular weight excluding hydrogens is 278 g/mol. The van der Waals surface area contributed by atoms with Crippen LogP contribution < -0.4 is 4.90 Å². The molecule has 0 atom stereocenters. The van der Waals surface area contributed by atoms with Gasteiger partial charge in [-0.1, -0.05) is 11.2 Å². The Morgan fingerprint density at radius 3 is 2.64 bits per heavy atom. The summed E-state index contributed by atoms with van der Waals surface area (Å²) in [6.07, 6.45) is 7.57. The maximum absolute atomic E-state index is 5.31. The van der Waals surface area contributed by atoms with E-state index in [1.165, 1.54) is 12.8 Å². The minimum absolute atomic E-state index is 0.628. The van der Waals surface area contributed by atoms with Gasteiger partial charge in [0.2, 0.25) is 5.95 Å². The lowest BCUT2D eigenvalue weighted by Crippen LogP contribution is -2.20. The van der Waals surface area contributed by atoms with Crippen molar-refractivity contribution in [3.63, 3.8) is 0 Å². The van der Waals surface area contributed by atoms with Gasteiger partial charge in [-0.2, -0.15) is 0 Å². The second-order valence-electron chi connectivity index (χ2n) is 5.22. The highest BCUT2D eigenvalue weighted by atomic mass is 16.5. The van der Waals surface area contributed by atoms with Crippen LogP contribution in [0.25, 0.3) is 22.7 Å². The molecule has 6 nitrogen and oxygen atoms in total. The van der Waals surface area contributed by atoms with Gasteiger partial charge in [-0.25, -0.2) is 9.97 Å². The second-order valence-corrected chi connectivity index (χ2v) is 5.22. The van der Waals surface area contributed by atoms with E-state index in [4.69, 9.17) is 9.51 Å². The van der Waals surface area contributed by atoms with Gasteiger partial charge >= 0.3 is 0 Å². The molecular formula is C16H15N5O. The molecule has 6 heteroatoms. The van der Waals surface area contributed by atoms with Gasteiger partial charge in [-0.3, -0.25) is 4.98 Å². The van der Waals surface area contributed by atoms with Crippen molar-refractivity contribution < 1.29 is 4.52 Å². The molecule has 0 amide bonds.